The van der Waals surface area contributed by atoms with Crippen LogP contribution in [0.1, 0.15) is 11.1 Å². The highest BCUT2D eigenvalue weighted by Gasteiger charge is 2.00. The van der Waals surface area contributed by atoms with Crippen LogP contribution in [0, 0.1) is 29.0 Å². The third-order valence-corrected chi connectivity index (χ3v) is 1.58. The zero-order chi connectivity index (χ0) is 11.3. The number of ether oxygens (including phenoxy) is 1. The van der Waals surface area contributed by atoms with Crippen LogP contribution in [0.15, 0.2) is 18.2 Å². The van der Waals surface area contributed by atoms with E-state index in [0.29, 0.717) is 5.56 Å². The molecule has 0 saturated heterocycles. The van der Waals surface area contributed by atoms with E-state index in [1.165, 1.54) is 19.2 Å². The number of methoxy groups -OCH3 is 1. The second-order valence-electron chi connectivity index (χ2n) is 2.55. The third kappa shape index (κ3) is 2.82. The van der Waals surface area contributed by atoms with Gasteiger partial charge in [-0.05, 0) is 18.2 Å². The maximum atomic E-state index is 13.1. The van der Waals surface area contributed by atoms with Crippen molar-refractivity contribution in [2.24, 2.45) is 0 Å². The summed E-state index contributed by atoms with van der Waals surface area (Å²) in [5, 5.41) is 8.47. The highest BCUT2D eigenvalue weighted by molar-refractivity contribution is 5.88. The first kappa shape index (κ1) is 10.7. The lowest BCUT2D eigenvalue weighted by Gasteiger charge is -1.93. The van der Waals surface area contributed by atoms with E-state index in [-0.39, 0.29) is 5.56 Å². The van der Waals surface area contributed by atoms with Crippen molar-refractivity contribution < 1.29 is 13.9 Å². The minimum Gasteiger partial charge on any atom is -0.459 e. The van der Waals surface area contributed by atoms with Crippen molar-refractivity contribution in [3.63, 3.8) is 0 Å². The van der Waals surface area contributed by atoms with Crippen molar-refractivity contribution in [3.05, 3.63) is 35.1 Å². The highest BCUT2D eigenvalue weighted by Crippen LogP contribution is 2.08. The van der Waals surface area contributed by atoms with Crippen LogP contribution in [0.3, 0.4) is 0 Å². The molecule has 4 heteroatoms. The quantitative estimate of drug-likeness (QED) is 0.470. The fraction of sp³-hybridized carbons (Fsp3) is 0.0909. The summed E-state index contributed by atoms with van der Waals surface area (Å²) in [6.07, 6.45) is 0. The minimum absolute atomic E-state index is 0.0568. The molecule has 0 bridgehead atoms. The van der Waals surface area contributed by atoms with Crippen LogP contribution in [-0.4, -0.2) is 13.1 Å². The molecule has 0 heterocycles. The monoisotopic (exact) mass is 203 g/mol. The second-order valence-corrected chi connectivity index (χ2v) is 2.55. The third-order valence-electron chi connectivity index (χ3n) is 1.58. The van der Waals surface area contributed by atoms with Gasteiger partial charge < -0.3 is 4.74 Å². The predicted octanol–water partition coefficient (Wildman–Crippen LogP) is 1.22. The molecule has 0 aromatic heterocycles. The molecule has 0 saturated carbocycles. The molecule has 1 aromatic carbocycles. The van der Waals surface area contributed by atoms with Crippen LogP contribution >= 0.6 is 0 Å². The molecule has 0 aliphatic carbocycles. The van der Waals surface area contributed by atoms with Gasteiger partial charge in [0.05, 0.1) is 12.7 Å². The Morgan fingerprint density at radius 3 is 2.80 bits per heavy atom. The molecule has 0 spiro atoms. The van der Waals surface area contributed by atoms with Crippen molar-refractivity contribution >= 4 is 5.97 Å². The smallest absolute Gasteiger partial charge is 0.384 e. The van der Waals surface area contributed by atoms with E-state index in [9.17, 15) is 9.18 Å². The number of benzene rings is 1. The van der Waals surface area contributed by atoms with E-state index >= 15 is 0 Å². The number of carbonyl (C=O) groups is 1. The van der Waals surface area contributed by atoms with E-state index in [0.717, 1.165) is 6.07 Å². The van der Waals surface area contributed by atoms with Gasteiger partial charge in [-0.15, -0.1) is 0 Å². The molecule has 0 aliphatic heterocycles. The van der Waals surface area contributed by atoms with Gasteiger partial charge in [0, 0.05) is 11.5 Å². The van der Waals surface area contributed by atoms with Crippen LogP contribution in [0.25, 0.3) is 0 Å². The molecule has 0 N–H and O–H groups in total. The Morgan fingerprint density at radius 1 is 1.53 bits per heavy atom. The summed E-state index contributed by atoms with van der Waals surface area (Å²) < 4.78 is 17.3. The van der Waals surface area contributed by atoms with Gasteiger partial charge >= 0.3 is 5.97 Å². The van der Waals surface area contributed by atoms with Gasteiger partial charge in [0.15, 0.2) is 0 Å². The SMILES string of the molecule is COC(=O)C#Cc1ccc(C#N)c(F)c1. The van der Waals surface area contributed by atoms with Crippen LogP contribution in [0.4, 0.5) is 4.39 Å². The molecule has 0 amide bonds. The summed E-state index contributed by atoms with van der Waals surface area (Å²) in [5.41, 5.74) is 0.260. The van der Waals surface area contributed by atoms with Crippen molar-refractivity contribution in [2.45, 2.75) is 0 Å². The Morgan fingerprint density at radius 2 is 2.27 bits per heavy atom. The van der Waals surface area contributed by atoms with Crippen LogP contribution in [-0.2, 0) is 9.53 Å². The maximum absolute atomic E-state index is 13.1. The summed E-state index contributed by atoms with van der Waals surface area (Å²) in [4.78, 5) is 10.7. The lowest BCUT2D eigenvalue weighted by atomic mass is 10.1. The molecule has 15 heavy (non-hydrogen) atoms. The van der Waals surface area contributed by atoms with Crippen molar-refractivity contribution in [3.8, 4) is 17.9 Å². The molecule has 0 radical (unpaired) electrons. The zero-order valence-corrected chi connectivity index (χ0v) is 7.87. The fourth-order valence-corrected chi connectivity index (χ4v) is 0.858. The minimum atomic E-state index is -0.695. The number of esters is 1. The van der Waals surface area contributed by atoms with E-state index < -0.39 is 11.8 Å². The van der Waals surface area contributed by atoms with E-state index in [4.69, 9.17) is 5.26 Å². The lowest BCUT2D eigenvalue weighted by molar-refractivity contribution is -0.133. The molecule has 3 nitrogen and oxygen atoms in total. The molecule has 0 atom stereocenters. The fourth-order valence-electron chi connectivity index (χ4n) is 0.858. The number of carbonyl (C=O) groups excluding carboxylic acids is 1. The zero-order valence-electron chi connectivity index (χ0n) is 7.87. The van der Waals surface area contributed by atoms with Gasteiger partial charge in [-0.25, -0.2) is 9.18 Å². The molecule has 0 unspecified atom stereocenters. The number of nitrogens with zero attached hydrogens (tertiary/aromatic N) is 1. The summed E-state index contributed by atoms with van der Waals surface area (Å²) in [5.74, 6) is 3.21. The van der Waals surface area contributed by atoms with Crippen LogP contribution in [0.2, 0.25) is 0 Å². The van der Waals surface area contributed by atoms with Gasteiger partial charge in [-0.3, -0.25) is 0 Å². The Labute approximate surface area is 86.1 Å². The Bertz CT molecular complexity index is 492. The van der Waals surface area contributed by atoms with Gasteiger partial charge in [0.1, 0.15) is 11.9 Å². The van der Waals surface area contributed by atoms with E-state index in [2.05, 4.69) is 16.6 Å². The Kier molecular flexibility index (Phi) is 3.43. The average molecular weight is 203 g/mol. The topological polar surface area (TPSA) is 50.1 Å². The number of halogens is 1. The summed E-state index contributed by atoms with van der Waals surface area (Å²) in [6.45, 7) is 0. The van der Waals surface area contributed by atoms with Crippen molar-refractivity contribution in [2.75, 3.05) is 7.11 Å². The number of hydrogen-bond donors (Lipinski definition) is 0. The van der Waals surface area contributed by atoms with Crippen molar-refractivity contribution in [1.29, 1.82) is 5.26 Å². The van der Waals surface area contributed by atoms with E-state index in [1.54, 1.807) is 6.07 Å². The predicted molar refractivity (Wildman–Crippen MR) is 50.0 cm³/mol. The number of hydrogen-bond acceptors (Lipinski definition) is 3. The maximum Gasteiger partial charge on any atom is 0.384 e. The molecule has 0 aliphatic rings. The van der Waals surface area contributed by atoms with Crippen molar-refractivity contribution in [1.82, 2.24) is 0 Å². The first-order valence-electron chi connectivity index (χ1n) is 3.97. The summed E-state index contributed by atoms with van der Waals surface area (Å²) in [6, 6.07) is 5.53. The first-order valence-corrected chi connectivity index (χ1v) is 3.97. The molecule has 1 rings (SSSR count). The lowest BCUT2D eigenvalue weighted by Crippen LogP contribution is -1.94. The Hall–Kier alpha value is -2.33. The molecule has 1 aromatic rings. The number of rotatable bonds is 0. The largest absolute Gasteiger partial charge is 0.459 e. The standard InChI is InChI=1S/C11H6FNO2/c1-15-11(14)5-3-8-2-4-9(7-13)10(12)6-8/h2,4,6H,1H3. The van der Waals surface area contributed by atoms with Gasteiger partial charge in [-0.2, -0.15) is 5.26 Å². The summed E-state index contributed by atoms with van der Waals surface area (Å²) in [7, 11) is 1.20. The first-order chi connectivity index (χ1) is 7.17. The normalized spacial score (nSPS) is 8.33. The summed E-state index contributed by atoms with van der Waals surface area (Å²) >= 11 is 0. The van der Waals surface area contributed by atoms with Gasteiger partial charge in [0.25, 0.3) is 0 Å². The second kappa shape index (κ2) is 4.78. The van der Waals surface area contributed by atoms with Crippen LogP contribution < -0.4 is 0 Å². The Balaban J connectivity index is 2.98. The van der Waals surface area contributed by atoms with Gasteiger partial charge in [-0.1, -0.05) is 5.92 Å². The molecule has 0 fully saturated rings. The van der Waals surface area contributed by atoms with Crippen LogP contribution in [0.5, 0.6) is 0 Å². The molecule has 74 valence electrons. The highest BCUT2D eigenvalue weighted by atomic mass is 19.1. The molecular formula is C11H6FNO2. The molecular weight excluding hydrogens is 197 g/mol. The van der Waals surface area contributed by atoms with Gasteiger partial charge in [0.2, 0.25) is 0 Å². The van der Waals surface area contributed by atoms with E-state index in [1.807, 2.05) is 0 Å². The average Bonchev–Trinajstić information content (AvgIpc) is 2.26. The number of nitriles is 1.